The molecule has 0 saturated heterocycles. The van der Waals surface area contributed by atoms with Gasteiger partial charge in [-0.05, 0) is 28.9 Å². The molecule has 104 valence electrons. The van der Waals surface area contributed by atoms with E-state index >= 15 is 0 Å². The van der Waals surface area contributed by atoms with Crippen LogP contribution in [0.5, 0.6) is 0 Å². The average molecular weight is 253 g/mol. The van der Waals surface area contributed by atoms with Crippen molar-refractivity contribution in [3.63, 3.8) is 0 Å². The zero-order valence-electron chi connectivity index (χ0n) is 13.1. The molecule has 0 radical (unpaired) electrons. The second-order valence-electron chi connectivity index (χ2n) is 5.30. The van der Waals surface area contributed by atoms with Crippen LogP contribution in [0.1, 0.15) is 89.8 Å². The van der Waals surface area contributed by atoms with Crippen LogP contribution in [0.4, 0.5) is 4.39 Å². The summed E-state index contributed by atoms with van der Waals surface area (Å²) in [5.74, 6) is 0.613. The van der Waals surface area contributed by atoms with Crippen LogP contribution in [0.3, 0.4) is 0 Å². The van der Waals surface area contributed by atoms with E-state index in [2.05, 4.69) is 32.7 Å². The highest BCUT2D eigenvalue weighted by Gasteiger charge is 2.20. The van der Waals surface area contributed by atoms with Gasteiger partial charge in [-0.3, -0.25) is 0 Å². The standard InChI is InChI=1S/C14H22FN.C2H6/c1-8(2)11-7-16-14(15)13(10(5)6)12(11)9(3)4;1-2/h7-10H,1-6H3;1-2H3. The Bertz CT molecular complexity index is 368. The summed E-state index contributed by atoms with van der Waals surface area (Å²) in [4.78, 5) is 3.90. The average Bonchev–Trinajstić information content (AvgIpc) is 2.30. The fourth-order valence-corrected chi connectivity index (χ4v) is 2.19. The smallest absolute Gasteiger partial charge is 0.216 e. The summed E-state index contributed by atoms with van der Waals surface area (Å²) in [6.45, 7) is 16.5. The first-order chi connectivity index (χ1) is 8.36. The van der Waals surface area contributed by atoms with Crippen molar-refractivity contribution in [3.05, 3.63) is 28.8 Å². The Kier molecular flexibility index (Phi) is 7.12. The van der Waals surface area contributed by atoms with Crippen molar-refractivity contribution in [1.29, 1.82) is 0 Å². The number of hydrogen-bond donors (Lipinski definition) is 0. The molecule has 0 fully saturated rings. The van der Waals surface area contributed by atoms with Gasteiger partial charge in [-0.1, -0.05) is 55.4 Å². The normalized spacial score (nSPS) is 10.9. The summed E-state index contributed by atoms with van der Waals surface area (Å²) in [7, 11) is 0. The topological polar surface area (TPSA) is 12.9 Å². The second kappa shape index (κ2) is 7.50. The minimum Gasteiger partial charge on any atom is -0.228 e. The third-order valence-electron chi connectivity index (χ3n) is 2.92. The highest BCUT2D eigenvalue weighted by Crippen LogP contribution is 2.33. The summed E-state index contributed by atoms with van der Waals surface area (Å²) < 4.78 is 13.8. The van der Waals surface area contributed by atoms with Crippen LogP contribution in [0, 0.1) is 5.95 Å². The Morgan fingerprint density at radius 1 is 0.833 bits per heavy atom. The van der Waals surface area contributed by atoms with E-state index in [1.807, 2.05) is 27.7 Å². The van der Waals surface area contributed by atoms with E-state index in [9.17, 15) is 4.39 Å². The van der Waals surface area contributed by atoms with Crippen LogP contribution >= 0.6 is 0 Å². The molecule has 0 aliphatic carbocycles. The van der Waals surface area contributed by atoms with Gasteiger partial charge in [-0.2, -0.15) is 4.39 Å². The minimum atomic E-state index is -0.303. The Labute approximate surface area is 112 Å². The van der Waals surface area contributed by atoms with Gasteiger partial charge in [0, 0.05) is 11.8 Å². The van der Waals surface area contributed by atoms with E-state index < -0.39 is 0 Å². The van der Waals surface area contributed by atoms with Crippen LogP contribution in [0.2, 0.25) is 0 Å². The lowest BCUT2D eigenvalue weighted by Gasteiger charge is -2.22. The van der Waals surface area contributed by atoms with E-state index in [4.69, 9.17) is 0 Å². The zero-order chi connectivity index (χ0) is 14.5. The van der Waals surface area contributed by atoms with E-state index in [1.54, 1.807) is 6.20 Å². The van der Waals surface area contributed by atoms with Gasteiger partial charge < -0.3 is 0 Å². The lowest BCUT2D eigenvalue weighted by Crippen LogP contribution is -2.09. The van der Waals surface area contributed by atoms with Gasteiger partial charge >= 0.3 is 0 Å². The van der Waals surface area contributed by atoms with Gasteiger partial charge in [-0.25, -0.2) is 4.98 Å². The molecular formula is C16H28FN. The summed E-state index contributed by atoms with van der Waals surface area (Å²) in [6, 6.07) is 0. The largest absolute Gasteiger partial charge is 0.228 e. The molecule has 0 aliphatic rings. The Morgan fingerprint density at radius 3 is 1.61 bits per heavy atom. The first kappa shape index (κ1) is 17.1. The molecule has 1 heterocycles. The number of pyridine rings is 1. The van der Waals surface area contributed by atoms with Crippen molar-refractivity contribution in [2.24, 2.45) is 0 Å². The molecule has 1 aromatic heterocycles. The van der Waals surface area contributed by atoms with E-state index in [1.165, 1.54) is 5.56 Å². The van der Waals surface area contributed by atoms with Gasteiger partial charge in [0.05, 0.1) is 0 Å². The number of hydrogen-bond acceptors (Lipinski definition) is 1. The van der Waals surface area contributed by atoms with Crippen molar-refractivity contribution >= 4 is 0 Å². The van der Waals surface area contributed by atoms with Crippen molar-refractivity contribution < 1.29 is 4.39 Å². The quantitative estimate of drug-likeness (QED) is 0.637. The molecule has 1 nitrogen and oxygen atoms in total. The van der Waals surface area contributed by atoms with Crippen LogP contribution in [0.25, 0.3) is 0 Å². The maximum atomic E-state index is 13.8. The molecule has 0 spiro atoms. The van der Waals surface area contributed by atoms with E-state index in [0.717, 1.165) is 11.1 Å². The molecule has 0 amide bonds. The fourth-order valence-electron chi connectivity index (χ4n) is 2.19. The molecule has 18 heavy (non-hydrogen) atoms. The predicted octanol–water partition coefficient (Wildman–Crippen LogP) is 5.62. The highest BCUT2D eigenvalue weighted by atomic mass is 19.1. The molecular weight excluding hydrogens is 225 g/mol. The lowest BCUT2D eigenvalue weighted by molar-refractivity contribution is 0.544. The van der Waals surface area contributed by atoms with Crippen LogP contribution in [0.15, 0.2) is 6.20 Å². The summed E-state index contributed by atoms with van der Waals surface area (Å²) in [5.41, 5.74) is 3.12. The van der Waals surface area contributed by atoms with E-state index in [-0.39, 0.29) is 11.9 Å². The van der Waals surface area contributed by atoms with Crippen molar-refractivity contribution in [2.75, 3.05) is 0 Å². The maximum absolute atomic E-state index is 13.8. The van der Waals surface area contributed by atoms with Crippen molar-refractivity contribution in [3.8, 4) is 0 Å². The van der Waals surface area contributed by atoms with Gasteiger partial charge in [0.2, 0.25) is 5.95 Å². The maximum Gasteiger partial charge on any atom is 0.216 e. The molecule has 0 N–H and O–H groups in total. The molecule has 0 unspecified atom stereocenters. The third-order valence-corrected chi connectivity index (χ3v) is 2.92. The Balaban J connectivity index is 0.00000137. The molecule has 0 aromatic carbocycles. The molecule has 1 aromatic rings. The summed E-state index contributed by atoms with van der Waals surface area (Å²) >= 11 is 0. The molecule has 1 rings (SSSR count). The van der Waals surface area contributed by atoms with Crippen LogP contribution in [-0.4, -0.2) is 4.98 Å². The second-order valence-corrected chi connectivity index (χ2v) is 5.30. The first-order valence-electron chi connectivity index (χ1n) is 7.04. The molecule has 2 heteroatoms. The molecule has 0 atom stereocenters. The van der Waals surface area contributed by atoms with Crippen molar-refractivity contribution in [2.45, 2.75) is 73.1 Å². The minimum absolute atomic E-state index is 0.184. The molecule has 0 aliphatic heterocycles. The molecule has 0 bridgehead atoms. The fraction of sp³-hybridized carbons (Fsp3) is 0.688. The zero-order valence-corrected chi connectivity index (χ0v) is 13.1. The van der Waals surface area contributed by atoms with Gasteiger partial charge in [0.15, 0.2) is 0 Å². The third kappa shape index (κ3) is 3.79. The monoisotopic (exact) mass is 253 g/mol. The van der Waals surface area contributed by atoms with Crippen LogP contribution in [-0.2, 0) is 0 Å². The molecule has 0 saturated carbocycles. The van der Waals surface area contributed by atoms with Gasteiger partial charge in [-0.15, -0.1) is 0 Å². The SMILES string of the molecule is CC.CC(C)c1cnc(F)c(C(C)C)c1C(C)C. The highest BCUT2D eigenvalue weighted by molar-refractivity contribution is 5.38. The van der Waals surface area contributed by atoms with Gasteiger partial charge in [0.25, 0.3) is 0 Å². The van der Waals surface area contributed by atoms with Gasteiger partial charge in [0.1, 0.15) is 0 Å². The first-order valence-corrected chi connectivity index (χ1v) is 7.04. The van der Waals surface area contributed by atoms with Crippen LogP contribution < -0.4 is 0 Å². The summed E-state index contributed by atoms with van der Waals surface area (Å²) in [5, 5.41) is 0. The summed E-state index contributed by atoms with van der Waals surface area (Å²) in [6.07, 6.45) is 1.70. The number of aromatic nitrogens is 1. The van der Waals surface area contributed by atoms with E-state index in [0.29, 0.717) is 11.8 Å². The Hall–Kier alpha value is -0.920. The predicted molar refractivity (Wildman–Crippen MR) is 77.8 cm³/mol. The lowest BCUT2D eigenvalue weighted by atomic mass is 9.85. The van der Waals surface area contributed by atoms with Crippen molar-refractivity contribution in [1.82, 2.24) is 4.98 Å². The number of halogens is 1. The number of nitrogens with zero attached hydrogens (tertiary/aromatic N) is 1. The Morgan fingerprint density at radius 2 is 1.28 bits per heavy atom. The number of rotatable bonds is 3.